The minimum absolute atomic E-state index is 0.243. The fourth-order valence-electron chi connectivity index (χ4n) is 4.18. The van der Waals surface area contributed by atoms with Gasteiger partial charge in [0.1, 0.15) is 5.25 Å². The molecule has 5 rings (SSSR count). The van der Waals surface area contributed by atoms with Crippen LogP contribution in [-0.2, 0) is 4.79 Å². The molecule has 0 aliphatic heterocycles. The van der Waals surface area contributed by atoms with Crippen molar-refractivity contribution in [3.05, 3.63) is 115 Å². The Balaban J connectivity index is 1.41. The van der Waals surface area contributed by atoms with Crippen LogP contribution in [0.3, 0.4) is 0 Å². The number of carboxylic acids is 1. The Labute approximate surface area is 274 Å². The lowest BCUT2D eigenvalue weighted by molar-refractivity contribution is -0.115. The molecule has 3 N–H and O–H groups in total. The van der Waals surface area contributed by atoms with E-state index >= 15 is 0 Å². The number of aromatic nitrogens is 1. The number of fused-ring (bicyclic) bond motifs is 1. The lowest BCUT2D eigenvalue weighted by atomic mass is 10.1. The Hall–Kier alpha value is -3.31. The first-order valence-corrected chi connectivity index (χ1v) is 15.6. The van der Waals surface area contributed by atoms with Crippen molar-refractivity contribution in [2.45, 2.75) is 17.1 Å². The van der Waals surface area contributed by atoms with Gasteiger partial charge in [-0.15, -0.1) is 11.8 Å². The first-order chi connectivity index (χ1) is 20.5. The van der Waals surface area contributed by atoms with Gasteiger partial charge in [0, 0.05) is 10.6 Å². The third kappa shape index (κ3) is 6.77. The van der Waals surface area contributed by atoms with Crippen LogP contribution >= 0.6 is 69.5 Å². The second-order valence-electron chi connectivity index (χ2n) is 9.18. The molecule has 0 radical (unpaired) electrons. The molecule has 0 saturated heterocycles. The highest BCUT2D eigenvalue weighted by molar-refractivity contribution is 8.00. The number of thioether (sulfide) groups is 1. The standard InChI is InChI=1S/C30H19Cl4N3O4S2/c1-14-10-11-18-19(12-14)43-30(36-18)37-28(39)26(15-6-3-2-4-7-15)42-17-9-5-8-16(13-17)35-27(38)20-21(29(40)41)23(32)25(34)24(33)22(20)31/h2-13,26H,1H3,(H,35,38)(H,40,41)(H,36,37,39). The maximum absolute atomic E-state index is 13.6. The molecule has 1 atom stereocenters. The predicted molar refractivity (Wildman–Crippen MR) is 176 cm³/mol. The number of halogens is 4. The van der Waals surface area contributed by atoms with Gasteiger partial charge in [-0.3, -0.25) is 9.59 Å². The average Bonchev–Trinajstić information content (AvgIpc) is 3.38. The lowest BCUT2D eigenvalue weighted by Crippen LogP contribution is -2.19. The quantitative estimate of drug-likeness (QED) is 0.0850. The number of carbonyl (C=O) groups is 3. The van der Waals surface area contributed by atoms with Gasteiger partial charge in [-0.1, -0.05) is 100 Å². The number of hydrogen-bond donors (Lipinski definition) is 3. The highest BCUT2D eigenvalue weighted by Crippen LogP contribution is 2.42. The monoisotopic (exact) mass is 689 g/mol. The van der Waals surface area contributed by atoms with E-state index in [1.807, 2.05) is 55.5 Å². The average molecular weight is 691 g/mol. The molecule has 7 nitrogen and oxygen atoms in total. The third-order valence-electron chi connectivity index (χ3n) is 6.17. The number of nitrogens with zero attached hydrogens (tertiary/aromatic N) is 1. The number of aromatic carboxylic acids is 1. The van der Waals surface area contributed by atoms with Crippen LogP contribution in [0.2, 0.25) is 20.1 Å². The van der Waals surface area contributed by atoms with Gasteiger partial charge >= 0.3 is 5.97 Å². The number of carboxylic acid groups (broad SMARTS) is 1. The zero-order valence-corrected chi connectivity index (χ0v) is 26.6. The second-order valence-corrected chi connectivity index (χ2v) is 12.9. The summed E-state index contributed by atoms with van der Waals surface area (Å²) in [5, 5.41) is 13.8. The lowest BCUT2D eigenvalue weighted by Gasteiger charge is -2.17. The maximum Gasteiger partial charge on any atom is 0.338 e. The summed E-state index contributed by atoms with van der Waals surface area (Å²) in [4.78, 5) is 44.0. The molecule has 1 unspecified atom stereocenters. The number of carbonyl (C=O) groups excluding carboxylic acids is 2. The van der Waals surface area contributed by atoms with E-state index in [0.717, 1.165) is 21.3 Å². The molecule has 1 heterocycles. The second kappa shape index (κ2) is 13.1. The highest BCUT2D eigenvalue weighted by atomic mass is 35.5. The molecule has 0 fully saturated rings. The van der Waals surface area contributed by atoms with Gasteiger partial charge in [0.15, 0.2) is 5.13 Å². The SMILES string of the molecule is Cc1ccc2nc(NC(=O)C(Sc3cccc(NC(=O)c4c(Cl)c(Cl)c(Cl)c(Cl)c4C(=O)O)c3)c3ccccc3)sc2c1. The van der Waals surface area contributed by atoms with Crippen LogP contribution in [0.15, 0.2) is 77.7 Å². The molecule has 0 saturated carbocycles. The highest BCUT2D eigenvalue weighted by Gasteiger charge is 2.29. The molecule has 0 aliphatic carbocycles. The van der Waals surface area contributed by atoms with Gasteiger partial charge in [-0.05, 0) is 48.4 Å². The van der Waals surface area contributed by atoms with E-state index in [4.69, 9.17) is 46.4 Å². The van der Waals surface area contributed by atoms with Gasteiger partial charge in [0.2, 0.25) is 5.91 Å². The van der Waals surface area contributed by atoms with Crippen molar-refractivity contribution >= 4 is 108 Å². The van der Waals surface area contributed by atoms with Crippen LogP contribution in [0.5, 0.6) is 0 Å². The van der Waals surface area contributed by atoms with Crippen LogP contribution in [0.1, 0.15) is 37.1 Å². The predicted octanol–water partition coefficient (Wildman–Crippen LogP) is 9.64. The fourth-order valence-corrected chi connectivity index (χ4v) is 7.25. The third-order valence-corrected chi connectivity index (χ3v) is 10.2. The van der Waals surface area contributed by atoms with E-state index in [0.29, 0.717) is 15.7 Å². The number of amides is 2. The van der Waals surface area contributed by atoms with Gasteiger partial charge in [0.05, 0.1) is 41.4 Å². The molecule has 4 aromatic carbocycles. The van der Waals surface area contributed by atoms with Crippen LogP contribution in [-0.4, -0.2) is 27.9 Å². The first kappa shape index (κ1) is 31.1. The minimum Gasteiger partial charge on any atom is -0.478 e. The van der Waals surface area contributed by atoms with E-state index in [2.05, 4.69) is 15.6 Å². The molecular weight excluding hydrogens is 672 g/mol. The molecule has 5 aromatic rings. The number of nitrogens with one attached hydrogen (secondary N) is 2. The Morgan fingerprint density at radius 1 is 0.837 bits per heavy atom. The Bertz CT molecular complexity index is 1900. The van der Waals surface area contributed by atoms with Crippen LogP contribution in [0.4, 0.5) is 10.8 Å². The summed E-state index contributed by atoms with van der Waals surface area (Å²) in [6, 6.07) is 21.9. The molecular formula is C30H19Cl4N3O4S2. The summed E-state index contributed by atoms with van der Waals surface area (Å²) in [6.45, 7) is 2.00. The first-order valence-electron chi connectivity index (χ1n) is 12.4. The van der Waals surface area contributed by atoms with Crippen molar-refractivity contribution in [1.82, 2.24) is 4.98 Å². The van der Waals surface area contributed by atoms with E-state index in [-0.39, 0.29) is 21.0 Å². The Morgan fingerprint density at radius 3 is 2.23 bits per heavy atom. The summed E-state index contributed by atoms with van der Waals surface area (Å²) in [5.41, 5.74) is 1.97. The van der Waals surface area contributed by atoms with Crippen molar-refractivity contribution in [2.75, 3.05) is 10.6 Å². The van der Waals surface area contributed by atoms with Crippen molar-refractivity contribution in [3.8, 4) is 0 Å². The Morgan fingerprint density at radius 2 is 1.53 bits per heavy atom. The zero-order chi connectivity index (χ0) is 30.8. The van der Waals surface area contributed by atoms with Gasteiger partial charge in [-0.25, -0.2) is 9.78 Å². The molecule has 2 amide bonds. The van der Waals surface area contributed by atoms with Crippen molar-refractivity contribution in [2.24, 2.45) is 0 Å². The number of thiazole rings is 1. The van der Waals surface area contributed by atoms with Crippen molar-refractivity contribution < 1.29 is 19.5 Å². The molecule has 0 aliphatic rings. The van der Waals surface area contributed by atoms with E-state index in [9.17, 15) is 19.5 Å². The molecule has 0 bridgehead atoms. The summed E-state index contributed by atoms with van der Waals surface area (Å²) in [6.07, 6.45) is 0. The number of hydrogen-bond acceptors (Lipinski definition) is 6. The van der Waals surface area contributed by atoms with E-state index < -0.39 is 33.3 Å². The van der Waals surface area contributed by atoms with E-state index in [1.54, 1.807) is 24.3 Å². The molecule has 13 heteroatoms. The normalized spacial score (nSPS) is 11.7. The van der Waals surface area contributed by atoms with Crippen LogP contribution < -0.4 is 10.6 Å². The van der Waals surface area contributed by atoms with Gasteiger partial charge in [-0.2, -0.15) is 0 Å². The van der Waals surface area contributed by atoms with Crippen molar-refractivity contribution in [1.29, 1.82) is 0 Å². The van der Waals surface area contributed by atoms with Gasteiger partial charge in [0.25, 0.3) is 5.91 Å². The number of rotatable bonds is 8. The zero-order valence-electron chi connectivity index (χ0n) is 22.0. The fraction of sp³-hybridized carbons (Fsp3) is 0.0667. The van der Waals surface area contributed by atoms with Gasteiger partial charge < -0.3 is 15.7 Å². The largest absolute Gasteiger partial charge is 0.478 e. The number of aryl methyl sites for hydroxylation is 1. The van der Waals surface area contributed by atoms with Crippen molar-refractivity contribution in [3.63, 3.8) is 0 Å². The van der Waals surface area contributed by atoms with Crippen LogP contribution in [0.25, 0.3) is 10.2 Å². The topological polar surface area (TPSA) is 108 Å². The smallest absolute Gasteiger partial charge is 0.338 e. The Kier molecular flexibility index (Phi) is 9.51. The summed E-state index contributed by atoms with van der Waals surface area (Å²) in [5.74, 6) is -2.63. The summed E-state index contributed by atoms with van der Waals surface area (Å²) >= 11 is 27.1. The minimum atomic E-state index is -1.50. The van der Waals surface area contributed by atoms with Crippen LogP contribution in [0, 0.1) is 6.92 Å². The summed E-state index contributed by atoms with van der Waals surface area (Å²) < 4.78 is 0.970. The number of anilines is 2. The number of benzene rings is 4. The maximum atomic E-state index is 13.6. The molecule has 0 spiro atoms. The summed E-state index contributed by atoms with van der Waals surface area (Å²) in [7, 11) is 0. The molecule has 218 valence electrons. The molecule has 43 heavy (non-hydrogen) atoms. The molecule has 1 aromatic heterocycles. The van der Waals surface area contributed by atoms with E-state index in [1.165, 1.54) is 23.1 Å².